The van der Waals surface area contributed by atoms with E-state index in [-0.39, 0.29) is 25.9 Å². The summed E-state index contributed by atoms with van der Waals surface area (Å²) < 4.78 is 0. The first-order valence-corrected chi connectivity index (χ1v) is 17.7. The van der Waals surface area contributed by atoms with Crippen molar-refractivity contribution in [1.82, 2.24) is 31.1 Å². The lowest BCUT2D eigenvalue weighted by atomic mass is 10.0. The van der Waals surface area contributed by atoms with Crippen LogP contribution in [0.2, 0.25) is 0 Å². The van der Waals surface area contributed by atoms with Crippen molar-refractivity contribution in [2.24, 2.45) is 5.73 Å². The summed E-state index contributed by atoms with van der Waals surface area (Å²) >= 11 is 1.45. The lowest BCUT2D eigenvalue weighted by Gasteiger charge is -2.27. The molecule has 2 aliphatic rings. The molecule has 1 aromatic rings. The van der Waals surface area contributed by atoms with Crippen LogP contribution in [-0.4, -0.2) is 136 Å². The molecule has 0 radical (unpaired) electrons. The Morgan fingerprint density at radius 1 is 0.820 bits per heavy atom. The molecular formula is C32H45N7O10S. The number of amides is 6. The average Bonchev–Trinajstić information content (AvgIpc) is 3.78. The van der Waals surface area contributed by atoms with Gasteiger partial charge in [0, 0.05) is 19.5 Å². The molecule has 8 N–H and O–H groups in total. The monoisotopic (exact) mass is 719 g/mol. The van der Waals surface area contributed by atoms with E-state index in [1.165, 1.54) is 21.6 Å². The minimum Gasteiger partial charge on any atom is -0.481 e. The summed E-state index contributed by atoms with van der Waals surface area (Å²) in [6.07, 6.45) is 3.13. The maximum Gasteiger partial charge on any atom is 0.326 e. The zero-order valence-electron chi connectivity index (χ0n) is 27.8. The highest BCUT2D eigenvalue weighted by molar-refractivity contribution is 7.98. The molecule has 0 bridgehead atoms. The van der Waals surface area contributed by atoms with E-state index in [0.717, 1.165) is 0 Å². The molecule has 0 spiro atoms. The van der Waals surface area contributed by atoms with Crippen LogP contribution in [0, 0.1) is 0 Å². The van der Waals surface area contributed by atoms with Gasteiger partial charge in [-0.15, -0.1) is 0 Å². The number of aliphatic carboxylic acids is 2. The molecule has 1 aromatic carbocycles. The number of carboxylic acid groups (broad SMARTS) is 2. The predicted molar refractivity (Wildman–Crippen MR) is 180 cm³/mol. The number of carbonyl (C=O) groups excluding carboxylic acids is 6. The van der Waals surface area contributed by atoms with E-state index in [0.29, 0.717) is 37.0 Å². The van der Waals surface area contributed by atoms with Crippen molar-refractivity contribution in [3.8, 4) is 0 Å². The average molecular weight is 720 g/mol. The molecule has 0 aliphatic carbocycles. The number of carbonyl (C=O) groups is 8. The largest absolute Gasteiger partial charge is 0.481 e. The number of benzene rings is 1. The molecule has 5 atom stereocenters. The topological polar surface area (TPSA) is 258 Å². The summed E-state index contributed by atoms with van der Waals surface area (Å²) in [5.41, 5.74) is 6.35. The van der Waals surface area contributed by atoms with Gasteiger partial charge >= 0.3 is 11.9 Å². The second-order valence-electron chi connectivity index (χ2n) is 12.1. The molecule has 274 valence electrons. The van der Waals surface area contributed by atoms with Crippen molar-refractivity contribution in [3.05, 3.63) is 35.9 Å². The number of hydrogen-bond acceptors (Lipinski definition) is 10. The fourth-order valence-electron chi connectivity index (χ4n) is 5.82. The first-order valence-electron chi connectivity index (χ1n) is 16.3. The summed E-state index contributed by atoms with van der Waals surface area (Å²) in [6.45, 7) is -0.439. The lowest BCUT2D eigenvalue weighted by molar-refractivity contribution is -0.144. The summed E-state index contributed by atoms with van der Waals surface area (Å²) in [5.74, 6) is -5.73. The zero-order chi connectivity index (χ0) is 36.8. The van der Waals surface area contributed by atoms with Crippen LogP contribution < -0.4 is 27.0 Å². The maximum atomic E-state index is 13.2. The Morgan fingerprint density at radius 2 is 1.40 bits per heavy atom. The van der Waals surface area contributed by atoms with Gasteiger partial charge in [0.25, 0.3) is 0 Å². The van der Waals surface area contributed by atoms with Gasteiger partial charge in [0.2, 0.25) is 35.4 Å². The molecular weight excluding hydrogens is 674 g/mol. The number of likely N-dealkylation sites (tertiary alicyclic amines) is 2. The van der Waals surface area contributed by atoms with E-state index in [1.807, 2.05) is 6.26 Å². The smallest absolute Gasteiger partial charge is 0.326 e. The van der Waals surface area contributed by atoms with Gasteiger partial charge in [0.1, 0.15) is 24.2 Å². The van der Waals surface area contributed by atoms with Crippen LogP contribution in [0.3, 0.4) is 0 Å². The molecule has 0 saturated carbocycles. The van der Waals surface area contributed by atoms with Crippen LogP contribution in [0.25, 0.3) is 0 Å². The normalized spacial score (nSPS) is 18.8. The van der Waals surface area contributed by atoms with E-state index in [9.17, 15) is 43.5 Å². The molecule has 2 heterocycles. The number of rotatable bonds is 18. The third-order valence-electron chi connectivity index (χ3n) is 8.45. The van der Waals surface area contributed by atoms with Crippen molar-refractivity contribution in [2.75, 3.05) is 38.2 Å². The Kier molecular flexibility index (Phi) is 15.5. The highest BCUT2D eigenvalue weighted by atomic mass is 32.2. The molecule has 17 nitrogen and oxygen atoms in total. The fourth-order valence-corrected chi connectivity index (χ4v) is 6.30. The Balaban J connectivity index is 1.55. The van der Waals surface area contributed by atoms with Gasteiger partial charge in [0.15, 0.2) is 0 Å². The van der Waals surface area contributed by atoms with E-state index < -0.39 is 97.1 Å². The van der Waals surface area contributed by atoms with Crippen molar-refractivity contribution < 1.29 is 48.6 Å². The second kappa shape index (κ2) is 19.5. The fraction of sp³-hybridized carbons (Fsp3) is 0.562. The number of carboxylic acids is 2. The molecule has 0 aromatic heterocycles. The summed E-state index contributed by atoms with van der Waals surface area (Å²) in [7, 11) is 0. The number of nitrogens with two attached hydrogens (primary N) is 1. The third-order valence-corrected chi connectivity index (χ3v) is 9.10. The maximum absolute atomic E-state index is 13.2. The molecule has 6 amide bonds. The van der Waals surface area contributed by atoms with Crippen LogP contribution in [0.1, 0.15) is 44.1 Å². The Morgan fingerprint density at radius 3 is 1.96 bits per heavy atom. The van der Waals surface area contributed by atoms with Crippen molar-refractivity contribution in [2.45, 2.75) is 75.2 Å². The molecule has 50 heavy (non-hydrogen) atoms. The van der Waals surface area contributed by atoms with E-state index in [2.05, 4.69) is 21.3 Å². The van der Waals surface area contributed by atoms with E-state index in [1.54, 1.807) is 30.3 Å². The minimum absolute atomic E-state index is 0.0346. The number of nitrogens with zero attached hydrogens (tertiary/aromatic N) is 2. The second-order valence-corrected chi connectivity index (χ2v) is 13.0. The number of thioether (sulfide) groups is 1. The van der Waals surface area contributed by atoms with E-state index >= 15 is 0 Å². The SMILES string of the molecule is CSCC[C@H](NC(=O)[C@@H]1CCCN1C(=O)CNC(=O)[C@@H]1CCCN1C(=O)CNC(=O)[C@H](Cc1ccccc1)NC(=O)[C@@H](N)CC(=O)O)C(=O)O. The van der Waals surface area contributed by atoms with Crippen LogP contribution >= 0.6 is 11.8 Å². The van der Waals surface area contributed by atoms with Crippen LogP contribution in [0.5, 0.6) is 0 Å². The number of nitrogens with one attached hydrogen (secondary N) is 4. The zero-order valence-corrected chi connectivity index (χ0v) is 28.6. The highest BCUT2D eigenvalue weighted by Gasteiger charge is 2.38. The third kappa shape index (κ3) is 11.7. The molecule has 18 heteroatoms. The standard InChI is InChI=1S/C32H45N7O10S/c1-50-14-11-21(32(48)49)36-31(47)24-10-6-13-39(24)26(41)18-35-30(46)23-9-5-12-38(23)25(40)17-34-29(45)22(15-19-7-3-2-4-8-19)37-28(44)20(33)16-27(42)43/h2-4,7-8,20-24H,5-6,9-18,33H2,1H3,(H,34,45)(H,35,46)(H,36,47)(H,37,44)(H,42,43)(H,48,49)/t20-,21-,22-,23-,24-/m0/s1. The van der Waals surface area contributed by atoms with E-state index in [4.69, 9.17) is 10.8 Å². The first kappa shape index (κ1) is 39.7. The highest BCUT2D eigenvalue weighted by Crippen LogP contribution is 2.20. The van der Waals surface area contributed by atoms with Crippen molar-refractivity contribution in [3.63, 3.8) is 0 Å². The summed E-state index contributed by atoms with van der Waals surface area (Å²) in [6, 6.07) is 3.27. The van der Waals surface area contributed by atoms with Gasteiger partial charge in [-0.25, -0.2) is 4.79 Å². The molecule has 2 fully saturated rings. The summed E-state index contributed by atoms with van der Waals surface area (Å²) in [5, 5.41) is 28.4. The Labute approximate surface area is 293 Å². The first-order chi connectivity index (χ1) is 23.8. The Hall–Kier alpha value is -4.71. The minimum atomic E-state index is -1.40. The van der Waals surface area contributed by atoms with Crippen molar-refractivity contribution >= 4 is 59.1 Å². The molecule has 0 unspecified atom stereocenters. The Bertz CT molecular complexity index is 1410. The van der Waals surface area contributed by atoms with Gasteiger partial charge in [0.05, 0.1) is 25.6 Å². The number of hydrogen-bond donors (Lipinski definition) is 7. The quantitative estimate of drug-likeness (QED) is 0.0874. The van der Waals surface area contributed by atoms with Gasteiger partial charge in [-0.3, -0.25) is 33.6 Å². The van der Waals surface area contributed by atoms with Crippen LogP contribution in [0.15, 0.2) is 30.3 Å². The molecule has 2 aliphatic heterocycles. The predicted octanol–water partition coefficient (Wildman–Crippen LogP) is -1.95. The molecule has 2 saturated heterocycles. The lowest BCUT2D eigenvalue weighted by Crippen LogP contribution is -2.55. The van der Waals surface area contributed by atoms with Gasteiger partial charge < -0.3 is 47.0 Å². The van der Waals surface area contributed by atoms with Crippen LogP contribution in [-0.2, 0) is 44.8 Å². The van der Waals surface area contributed by atoms with Crippen LogP contribution in [0.4, 0.5) is 0 Å². The molecule has 3 rings (SSSR count). The van der Waals surface area contributed by atoms with Crippen molar-refractivity contribution in [1.29, 1.82) is 0 Å². The van der Waals surface area contributed by atoms with Gasteiger partial charge in [-0.1, -0.05) is 30.3 Å². The van der Waals surface area contributed by atoms with Gasteiger partial charge in [-0.2, -0.15) is 11.8 Å². The van der Waals surface area contributed by atoms with Gasteiger partial charge in [-0.05, 0) is 49.7 Å². The summed E-state index contributed by atoms with van der Waals surface area (Å²) in [4.78, 5) is 103.